The number of amides is 1. The van der Waals surface area contributed by atoms with Crippen LogP contribution in [0.15, 0.2) is 6.33 Å². The molecule has 1 aliphatic rings. The van der Waals surface area contributed by atoms with Gasteiger partial charge in [-0.05, 0) is 19.1 Å². The molecule has 0 saturated carbocycles. The summed E-state index contributed by atoms with van der Waals surface area (Å²) in [5, 5.41) is 26.6. The van der Waals surface area contributed by atoms with Gasteiger partial charge >= 0.3 is 0 Å². The van der Waals surface area contributed by atoms with Gasteiger partial charge in [0.2, 0.25) is 21.9 Å². The van der Waals surface area contributed by atoms with E-state index in [1.165, 1.54) is 22.7 Å². The number of aliphatic hydroxyl groups is 2. The molecule has 202 valence electrons. The molecule has 36 heavy (non-hydrogen) atoms. The first-order chi connectivity index (χ1) is 17.1. The smallest absolute Gasteiger partial charge is 0.226 e. The number of anilines is 2. The number of ether oxygens (including phenoxy) is 1. The Bertz CT molecular complexity index is 1130. The maximum absolute atomic E-state index is 12.0. The first-order valence-electron chi connectivity index (χ1n) is 11.6. The van der Waals surface area contributed by atoms with E-state index >= 15 is 0 Å². The lowest BCUT2D eigenvalue weighted by Gasteiger charge is -2.17. The Hall–Kier alpha value is -2.24. The number of hydrogen-bond donors (Lipinski definition) is 6. The molecule has 0 aromatic carbocycles. The number of nitrogens with zero attached hydrogens (tertiary/aromatic N) is 4. The van der Waals surface area contributed by atoms with Gasteiger partial charge in [-0.2, -0.15) is 21.7 Å². The third kappa shape index (κ3) is 7.63. The SMILES string of the molecule is CSC[C@H]1O[C@@H](n2cnc3c(N)nc(NCCNC(=O)CCCCCNS(C)(=O)=O)nc32)[C@H](O)[C@@H]1O. The maximum atomic E-state index is 12.0. The van der Waals surface area contributed by atoms with Crippen LogP contribution in [-0.4, -0.2) is 100 Å². The third-order valence-electron chi connectivity index (χ3n) is 5.57. The van der Waals surface area contributed by atoms with Crippen LogP contribution in [-0.2, 0) is 19.6 Å². The van der Waals surface area contributed by atoms with Crippen LogP contribution < -0.4 is 21.1 Å². The summed E-state index contributed by atoms with van der Waals surface area (Å²) in [4.78, 5) is 24.9. The number of aromatic nitrogens is 4. The number of nitrogens with one attached hydrogen (secondary N) is 3. The zero-order valence-electron chi connectivity index (χ0n) is 20.3. The van der Waals surface area contributed by atoms with E-state index in [4.69, 9.17) is 10.5 Å². The van der Waals surface area contributed by atoms with E-state index in [1.807, 2.05) is 6.26 Å². The van der Waals surface area contributed by atoms with Crippen LogP contribution in [0.5, 0.6) is 0 Å². The fourth-order valence-electron chi connectivity index (χ4n) is 3.77. The molecule has 1 amide bonds. The molecular formula is C20H34N8O6S2. The van der Waals surface area contributed by atoms with Crippen LogP contribution in [0, 0.1) is 0 Å². The van der Waals surface area contributed by atoms with Crippen molar-refractivity contribution >= 4 is 50.6 Å². The summed E-state index contributed by atoms with van der Waals surface area (Å²) in [5.74, 6) is 0.789. The average molecular weight is 547 g/mol. The van der Waals surface area contributed by atoms with E-state index in [0.29, 0.717) is 55.8 Å². The highest BCUT2D eigenvalue weighted by Crippen LogP contribution is 2.33. The number of nitrogen functional groups attached to an aromatic ring is 1. The van der Waals surface area contributed by atoms with Gasteiger partial charge in [-0.1, -0.05) is 6.42 Å². The normalized spacial score (nSPS) is 22.2. The lowest BCUT2D eigenvalue weighted by molar-refractivity contribution is -0.121. The number of fused-ring (bicyclic) bond motifs is 1. The predicted molar refractivity (Wildman–Crippen MR) is 137 cm³/mol. The molecule has 3 rings (SSSR count). The molecule has 0 spiro atoms. The van der Waals surface area contributed by atoms with E-state index in [2.05, 4.69) is 30.3 Å². The van der Waals surface area contributed by atoms with Crippen LogP contribution in [0.3, 0.4) is 0 Å². The quantitative estimate of drug-likeness (QED) is 0.158. The minimum Gasteiger partial charge on any atom is -0.387 e. The Balaban J connectivity index is 1.48. The zero-order chi connectivity index (χ0) is 26.3. The average Bonchev–Trinajstić information content (AvgIpc) is 3.35. The van der Waals surface area contributed by atoms with Crippen LogP contribution >= 0.6 is 11.8 Å². The van der Waals surface area contributed by atoms with Gasteiger partial charge in [-0.25, -0.2) is 18.1 Å². The van der Waals surface area contributed by atoms with Gasteiger partial charge in [-0.3, -0.25) is 9.36 Å². The maximum Gasteiger partial charge on any atom is 0.226 e. The summed E-state index contributed by atoms with van der Waals surface area (Å²) in [6.07, 6.45) is 3.27. The molecule has 7 N–H and O–H groups in total. The Morgan fingerprint density at radius 2 is 1.97 bits per heavy atom. The lowest BCUT2D eigenvalue weighted by Crippen LogP contribution is -2.32. The van der Waals surface area contributed by atoms with Gasteiger partial charge in [0.25, 0.3) is 0 Å². The highest BCUT2D eigenvalue weighted by atomic mass is 32.2. The zero-order valence-corrected chi connectivity index (χ0v) is 21.9. The topological polar surface area (TPSA) is 207 Å². The van der Waals surface area contributed by atoms with Crippen molar-refractivity contribution in [2.45, 2.75) is 50.2 Å². The molecule has 0 unspecified atom stereocenters. The second-order valence-electron chi connectivity index (χ2n) is 8.51. The molecule has 2 aromatic rings. The number of thioether (sulfide) groups is 1. The summed E-state index contributed by atoms with van der Waals surface area (Å²) in [6.45, 7) is 1.05. The molecule has 16 heteroatoms. The van der Waals surface area contributed by atoms with E-state index in [9.17, 15) is 23.4 Å². The van der Waals surface area contributed by atoms with Crippen molar-refractivity contribution in [2.75, 3.05) is 48.9 Å². The van der Waals surface area contributed by atoms with Gasteiger partial charge in [0.15, 0.2) is 17.7 Å². The second kappa shape index (κ2) is 12.8. The summed E-state index contributed by atoms with van der Waals surface area (Å²) < 4.78 is 31.8. The van der Waals surface area contributed by atoms with Crippen molar-refractivity contribution in [2.24, 2.45) is 0 Å². The Morgan fingerprint density at radius 3 is 2.69 bits per heavy atom. The molecule has 0 radical (unpaired) electrons. The van der Waals surface area contributed by atoms with Crippen LogP contribution in [0.25, 0.3) is 11.2 Å². The van der Waals surface area contributed by atoms with Gasteiger partial charge in [-0.15, -0.1) is 0 Å². The van der Waals surface area contributed by atoms with Gasteiger partial charge in [0.1, 0.15) is 17.7 Å². The summed E-state index contributed by atoms with van der Waals surface area (Å²) in [6, 6.07) is 0. The molecule has 2 aromatic heterocycles. The van der Waals surface area contributed by atoms with Crippen LogP contribution in [0.2, 0.25) is 0 Å². The third-order valence-corrected chi connectivity index (χ3v) is 6.96. The number of carbonyl (C=O) groups excluding carboxylic acids is 1. The first-order valence-corrected chi connectivity index (χ1v) is 14.8. The molecule has 1 saturated heterocycles. The number of imidazole rings is 1. The second-order valence-corrected chi connectivity index (χ2v) is 11.3. The molecule has 1 aliphatic heterocycles. The molecule has 1 fully saturated rings. The minimum absolute atomic E-state index is 0.104. The Labute approximate surface area is 213 Å². The molecule has 0 bridgehead atoms. The Morgan fingerprint density at radius 1 is 1.19 bits per heavy atom. The fraction of sp³-hybridized carbons (Fsp3) is 0.700. The Kier molecular flexibility index (Phi) is 10.1. The monoisotopic (exact) mass is 546 g/mol. The number of rotatable bonds is 14. The van der Waals surface area contributed by atoms with E-state index in [-0.39, 0.29) is 17.7 Å². The van der Waals surface area contributed by atoms with Crippen LogP contribution in [0.1, 0.15) is 31.9 Å². The highest BCUT2D eigenvalue weighted by molar-refractivity contribution is 7.98. The standard InChI is InChI=1S/C20H34N8O6S2/c1-35-10-12-15(30)16(31)19(34-12)28-11-24-14-17(21)26-20(27-18(14)28)23-9-8-22-13(29)6-4-3-5-7-25-36(2,32)33/h11-12,15-16,19,25,30-31H,3-10H2,1-2H3,(H,22,29)(H3,21,23,26,27)/t12-,15-,16-,19-/m1/s1. The number of aliphatic hydroxyl groups excluding tert-OH is 2. The largest absolute Gasteiger partial charge is 0.387 e. The number of sulfonamides is 1. The molecule has 3 heterocycles. The number of hydrogen-bond acceptors (Lipinski definition) is 12. The number of nitrogens with two attached hydrogens (primary N) is 1. The molecule has 0 aliphatic carbocycles. The fourth-order valence-corrected chi connectivity index (χ4v) is 4.89. The molecule has 14 nitrogen and oxygen atoms in total. The molecule has 4 atom stereocenters. The minimum atomic E-state index is -3.18. The van der Waals surface area contributed by atoms with E-state index < -0.39 is 34.6 Å². The molecular weight excluding hydrogens is 512 g/mol. The number of unbranched alkanes of at least 4 members (excludes halogenated alkanes) is 2. The van der Waals surface area contributed by atoms with Gasteiger partial charge in [0, 0.05) is 31.8 Å². The van der Waals surface area contributed by atoms with E-state index in [0.717, 1.165) is 12.7 Å². The summed E-state index contributed by atoms with van der Waals surface area (Å²) >= 11 is 1.50. The van der Waals surface area contributed by atoms with Gasteiger partial charge < -0.3 is 31.3 Å². The lowest BCUT2D eigenvalue weighted by atomic mass is 10.1. The van der Waals surface area contributed by atoms with Crippen molar-refractivity contribution in [1.29, 1.82) is 0 Å². The van der Waals surface area contributed by atoms with Gasteiger partial charge in [0.05, 0.1) is 18.7 Å². The summed E-state index contributed by atoms with van der Waals surface area (Å²) in [7, 11) is -3.18. The number of carbonyl (C=O) groups is 1. The van der Waals surface area contributed by atoms with Crippen molar-refractivity contribution in [3.63, 3.8) is 0 Å². The first kappa shape index (κ1) is 28.3. The van der Waals surface area contributed by atoms with Crippen molar-refractivity contribution in [3.05, 3.63) is 6.33 Å². The summed E-state index contributed by atoms with van der Waals surface area (Å²) in [5.41, 5.74) is 6.74. The highest BCUT2D eigenvalue weighted by Gasteiger charge is 2.44. The predicted octanol–water partition coefficient (Wildman–Crippen LogP) is -0.972. The van der Waals surface area contributed by atoms with Crippen molar-refractivity contribution in [1.82, 2.24) is 29.6 Å². The van der Waals surface area contributed by atoms with Crippen molar-refractivity contribution in [3.8, 4) is 0 Å². The van der Waals surface area contributed by atoms with E-state index in [1.54, 1.807) is 0 Å². The van der Waals surface area contributed by atoms with Crippen LogP contribution in [0.4, 0.5) is 11.8 Å². The van der Waals surface area contributed by atoms with Crippen molar-refractivity contribution < 1.29 is 28.2 Å².